The predicted molar refractivity (Wildman–Crippen MR) is 79.8 cm³/mol. The number of hydrogen-bond donors (Lipinski definition) is 2. The van der Waals surface area contributed by atoms with Gasteiger partial charge in [0.05, 0.1) is 18.9 Å². The van der Waals surface area contributed by atoms with Crippen LogP contribution in [-0.2, 0) is 16.1 Å². The lowest BCUT2D eigenvalue weighted by Gasteiger charge is -2.36. The van der Waals surface area contributed by atoms with Crippen LogP contribution in [0.15, 0.2) is 18.2 Å². The number of carbonyl (C=O) groups is 1. The summed E-state index contributed by atoms with van der Waals surface area (Å²) in [6.07, 6.45) is 0. The molecule has 1 aromatic carbocycles. The summed E-state index contributed by atoms with van der Waals surface area (Å²) in [7, 11) is 1.82. The topological polar surface area (TPSA) is 53.6 Å². The standard InChI is InChI=1S/C15H22FN3O2/c1-3-18-15(20)14-10-21-7-6-19(14)13-5-4-11(9-17-2)8-12(13)16/h4-5,8,14,17H,3,6-7,9-10H2,1-2H3,(H,18,20). The quantitative estimate of drug-likeness (QED) is 0.847. The van der Waals surface area contributed by atoms with Crippen molar-refractivity contribution in [3.05, 3.63) is 29.6 Å². The molecule has 0 aromatic heterocycles. The third-order valence-corrected chi connectivity index (χ3v) is 3.48. The smallest absolute Gasteiger partial charge is 0.245 e. The van der Waals surface area contributed by atoms with Crippen molar-refractivity contribution in [1.82, 2.24) is 10.6 Å². The number of hydrogen-bond acceptors (Lipinski definition) is 4. The van der Waals surface area contributed by atoms with Crippen LogP contribution in [0.3, 0.4) is 0 Å². The average Bonchev–Trinajstić information content (AvgIpc) is 2.48. The summed E-state index contributed by atoms with van der Waals surface area (Å²) in [5.74, 6) is -0.435. The van der Waals surface area contributed by atoms with Crippen LogP contribution in [0.1, 0.15) is 12.5 Å². The largest absolute Gasteiger partial charge is 0.377 e. The molecule has 0 radical (unpaired) electrons. The van der Waals surface area contributed by atoms with Gasteiger partial charge in [0.15, 0.2) is 0 Å². The molecule has 0 saturated carbocycles. The fourth-order valence-corrected chi connectivity index (χ4v) is 2.50. The Balaban J connectivity index is 2.22. The van der Waals surface area contributed by atoms with Crippen LogP contribution in [0.2, 0.25) is 0 Å². The Hall–Kier alpha value is -1.66. The molecular weight excluding hydrogens is 273 g/mol. The number of likely N-dealkylation sites (N-methyl/N-ethyl adjacent to an activating group) is 1. The maximum absolute atomic E-state index is 14.3. The lowest BCUT2D eigenvalue weighted by atomic mass is 10.1. The number of amides is 1. The lowest BCUT2D eigenvalue weighted by molar-refractivity contribution is -0.124. The molecule has 0 bridgehead atoms. The first kappa shape index (κ1) is 15.7. The van der Waals surface area contributed by atoms with Crippen molar-refractivity contribution in [2.24, 2.45) is 0 Å². The summed E-state index contributed by atoms with van der Waals surface area (Å²) in [6, 6.07) is 4.64. The minimum Gasteiger partial charge on any atom is -0.377 e. The zero-order valence-electron chi connectivity index (χ0n) is 12.5. The first-order valence-electron chi connectivity index (χ1n) is 7.22. The number of nitrogens with one attached hydrogen (secondary N) is 2. The number of ether oxygens (including phenoxy) is 1. The minimum atomic E-state index is -0.483. The van der Waals surface area contributed by atoms with Gasteiger partial charge < -0.3 is 20.3 Å². The van der Waals surface area contributed by atoms with Crippen molar-refractivity contribution in [3.63, 3.8) is 0 Å². The summed E-state index contributed by atoms with van der Waals surface area (Å²) in [5.41, 5.74) is 1.33. The van der Waals surface area contributed by atoms with Gasteiger partial charge in [-0.2, -0.15) is 0 Å². The molecule has 21 heavy (non-hydrogen) atoms. The fraction of sp³-hybridized carbons (Fsp3) is 0.533. The summed E-state index contributed by atoms with van der Waals surface area (Å²) in [4.78, 5) is 13.9. The number of carbonyl (C=O) groups excluding carboxylic acids is 1. The normalized spacial score (nSPS) is 18.6. The van der Waals surface area contributed by atoms with Gasteiger partial charge in [0.25, 0.3) is 0 Å². The van der Waals surface area contributed by atoms with Crippen LogP contribution in [-0.4, -0.2) is 45.3 Å². The van der Waals surface area contributed by atoms with E-state index in [1.54, 1.807) is 11.0 Å². The highest BCUT2D eigenvalue weighted by Crippen LogP contribution is 2.24. The van der Waals surface area contributed by atoms with E-state index in [0.29, 0.717) is 31.9 Å². The van der Waals surface area contributed by atoms with E-state index in [4.69, 9.17) is 4.74 Å². The molecule has 1 aliphatic rings. The summed E-state index contributed by atoms with van der Waals surface area (Å²) < 4.78 is 19.7. The molecule has 2 N–H and O–H groups in total. The zero-order valence-corrected chi connectivity index (χ0v) is 12.5. The second-order valence-corrected chi connectivity index (χ2v) is 4.99. The molecule has 1 saturated heterocycles. The molecule has 1 unspecified atom stereocenters. The number of benzene rings is 1. The second kappa shape index (κ2) is 7.38. The summed E-state index contributed by atoms with van der Waals surface area (Å²) in [6.45, 7) is 4.30. The van der Waals surface area contributed by atoms with E-state index in [1.165, 1.54) is 6.07 Å². The van der Waals surface area contributed by atoms with Gasteiger partial charge >= 0.3 is 0 Å². The molecule has 1 amide bonds. The molecule has 116 valence electrons. The first-order valence-corrected chi connectivity index (χ1v) is 7.22. The van der Waals surface area contributed by atoms with Crippen molar-refractivity contribution in [2.75, 3.05) is 38.3 Å². The van der Waals surface area contributed by atoms with E-state index < -0.39 is 6.04 Å². The van der Waals surface area contributed by atoms with Crippen LogP contribution in [0, 0.1) is 5.82 Å². The van der Waals surface area contributed by atoms with E-state index >= 15 is 0 Å². The highest BCUT2D eigenvalue weighted by atomic mass is 19.1. The summed E-state index contributed by atoms with van der Waals surface area (Å²) >= 11 is 0. The van der Waals surface area contributed by atoms with Gasteiger partial charge in [0, 0.05) is 19.6 Å². The molecule has 6 heteroatoms. The van der Waals surface area contributed by atoms with Crippen molar-refractivity contribution in [3.8, 4) is 0 Å². The van der Waals surface area contributed by atoms with Crippen molar-refractivity contribution < 1.29 is 13.9 Å². The van der Waals surface area contributed by atoms with Crippen LogP contribution < -0.4 is 15.5 Å². The van der Waals surface area contributed by atoms with E-state index in [1.807, 2.05) is 20.0 Å². The van der Waals surface area contributed by atoms with Crippen molar-refractivity contribution >= 4 is 11.6 Å². The molecule has 0 aliphatic carbocycles. The average molecular weight is 295 g/mol. The lowest BCUT2D eigenvalue weighted by Crippen LogP contribution is -2.54. The molecule has 5 nitrogen and oxygen atoms in total. The number of halogens is 1. The highest BCUT2D eigenvalue weighted by molar-refractivity contribution is 5.85. The second-order valence-electron chi connectivity index (χ2n) is 4.99. The zero-order chi connectivity index (χ0) is 15.2. The highest BCUT2D eigenvalue weighted by Gasteiger charge is 2.30. The van der Waals surface area contributed by atoms with Crippen molar-refractivity contribution in [1.29, 1.82) is 0 Å². The molecule has 1 aliphatic heterocycles. The molecule has 0 spiro atoms. The fourth-order valence-electron chi connectivity index (χ4n) is 2.50. The maximum Gasteiger partial charge on any atom is 0.245 e. The predicted octanol–water partition coefficient (Wildman–Crippen LogP) is 0.886. The number of anilines is 1. The first-order chi connectivity index (χ1) is 10.2. The minimum absolute atomic E-state index is 0.129. The molecule has 1 atom stereocenters. The van der Waals surface area contributed by atoms with Gasteiger partial charge in [-0.15, -0.1) is 0 Å². The van der Waals surface area contributed by atoms with Crippen LogP contribution >= 0.6 is 0 Å². The maximum atomic E-state index is 14.3. The SMILES string of the molecule is CCNC(=O)C1COCCN1c1ccc(CNC)cc1F. The number of nitrogens with zero attached hydrogens (tertiary/aromatic N) is 1. The molecule has 1 fully saturated rings. The molecule has 1 aromatic rings. The van der Waals surface area contributed by atoms with E-state index in [9.17, 15) is 9.18 Å². The Kier molecular flexibility index (Phi) is 5.52. The molecule has 2 rings (SSSR count). The molecular formula is C15H22FN3O2. The number of morpholine rings is 1. The van der Waals surface area contributed by atoms with Crippen LogP contribution in [0.5, 0.6) is 0 Å². The number of rotatable bonds is 5. The Morgan fingerprint density at radius 2 is 2.33 bits per heavy atom. The van der Waals surface area contributed by atoms with E-state index in [0.717, 1.165) is 5.56 Å². The summed E-state index contributed by atoms with van der Waals surface area (Å²) in [5, 5.41) is 5.76. The van der Waals surface area contributed by atoms with Gasteiger partial charge in [0.1, 0.15) is 11.9 Å². The third-order valence-electron chi connectivity index (χ3n) is 3.48. The van der Waals surface area contributed by atoms with Gasteiger partial charge in [0.2, 0.25) is 5.91 Å². The van der Waals surface area contributed by atoms with E-state index in [-0.39, 0.29) is 18.3 Å². The van der Waals surface area contributed by atoms with E-state index in [2.05, 4.69) is 10.6 Å². The van der Waals surface area contributed by atoms with Gasteiger partial charge in [-0.25, -0.2) is 4.39 Å². The third kappa shape index (κ3) is 3.71. The van der Waals surface area contributed by atoms with Crippen LogP contribution in [0.4, 0.5) is 10.1 Å². The monoisotopic (exact) mass is 295 g/mol. The van der Waals surface area contributed by atoms with Gasteiger partial charge in [-0.1, -0.05) is 6.07 Å². The molecule has 1 heterocycles. The van der Waals surface area contributed by atoms with Gasteiger partial charge in [-0.3, -0.25) is 4.79 Å². The Labute approximate surface area is 124 Å². The Morgan fingerprint density at radius 1 is 1.52 bits per heavy atom. The van der Waals surface area contributed by atoms with Crippen molar-refractivity contribution in [2.45, 2.75) is 19.5 Å². The van der Waals surface area contributed by atoms with Crippen LogP contribution in [0.25, 0.3) is 0 Å². The Bertz CT molecular complexity index is 496. The Morgan fingerprint density at radius 3 is 3.00 bits per heavy atom. The van der Waals surface area contributed by atoms with Gasteiger partial charge in [-0.05, 0) is 31.7 Å².